The molecule has 0 radical (unpaired) electrons. The average Bonchev–Trinajstić information content (AvgIpc) is 2.85. The normalized spacial score (nSPS) is 20.6. The number of aromatic nitrogens is 2. The molecule has 1 amide bonds. The molecule has 2 rings (SSSR count). The van der Waals surface area contributed by atoms with Gasteiger partial charge < -0.3 is 4.74 Å². The van der Waals surface area contributed by atoms with E-state index in [1.54, 1.807) is 11.1 Å². The van der Waals surface area contributed by atoms with Crippen molar-refractivity contribution in [2.24, 2.45) is 0 Å². The molecular weight excluding hydrogens is 218 g/mol. The van der Waals surface area contributed by atoms with Crippen LogP contribution in [-0.2, 0) is 4.74 Å². The molecule has 1 aromatic rings. The van der Waals surface area contributed by atoms with Gasteiger partial charge in [-0.1, -0.05) is 0 Å². The highest BCUT2D eigenvalue weighted by atomic mass is 16.6. The molecule has 0 aromatic carbocycles. The highest BCUT2D eigenvalue weighted by molar-refractivity contribution is 5.68. The van der Waals surface area contributed by atoms with E-state index in [4.69, 9.17) is 4.74 Å². The van der Waals surface area contributed by atoms with Gasteiger partial charge in [0.1, 0.15) is 11.8 Å². The Morgan fingerprint density at radius 1 is 1.47 bits per heavy atom. The zero-order valence-electron chi connectivity index (χ0n) is 10.6. The number of carbonyl (C=O) groups excluding carboxylic acids is 1. The van der Waals surface area contributed by atoms with Crippen LogP contribution in [0.1, 0.15) is 39.8 Å². The molecule has 1 atom stereocenters. The van der Waals surface area contributed by atoms with Gasteiger partial charge in [0, 0.05) is 18.9 Å². The summed E-state index contributed by atoms with van der Waals surface area (Å²) < 4.78 is 7.21. The van der Waals surface area contributed by atoms with Crippen molar-refractivity contribution in [3.63, 3.8) is 0 Å². The lowest BCUT2D eigenvalue weighted by atomic mass is 10.2. The number of hydrogen-bond donors (Lipinski definition) is 0. The third-order valence-corrected chi connectivity index (χ3v) is 2.68. The van der Waals surface area contributed by atoms with Crippen LogP contribution in [0.25, 0.3) is 0 Å². The molecule has 2 heterocycles. The average molecular weight is 237 g/mol. The number of ether oxygens (including phenoxy) is 1. The van der Waals surface area contributed by atoms with Crippen LogP contribution >= 0.6 is 0 Å². The Kier molecular flexibility index (Phi) is 3.09. The predicted molar refractivity (Wildman–Crippen MR) is 63.4 cm³/mol. The monoisotopic (exact) mass is 237 g/mol. The molecule has 5 heteroatoms. The molecule has 0 N–H and O–H groups in total. The topological polar surface area (TPSA) is 47.4 Å². The van der Waals surface area contributed by atoms with Crippen molar-refractivity contribution in [1.82, 2.24) is 14.7 Å². The maximum atomic E-state index is 12.0. The predicted octanol–water partition coefficient (Wildman–Crippen LogP) is 2.41. The molecule has 94 valence electrons. The summed E-state index contributed by atoms with van der Waals surface area (Å²) in [4.78, 5) is 13.8. The lowest BCUT2D eigenvalue weighted by Crippen LogP contribution is -2.38. The molecule has 0 bridgehead atoms. The van der Waals surface area contributed by atoms with Gasteiger partial charge in [-0.15, -0.1) is 0 Å². The van der Waals surface area contributed by atoms with Crippen molar-refractivity contribution in [3.05, 3.63) is 18.5 Å². The van der Waals surface area contributed by atoms with Gasteiger partial charge in [0.05, 0.1) is 0 Å². The first-order valence-corrected chi connectivity index (χ1v) is 5.96. The fraction of sp³-hybridized carbons (Fsp3) is 0.667. The lowest BCUT2D eigenvalue weighted by molar-refractivity contribution is 0.0149. The maximum Gasteiger partial charge on any atom is 0.411 e. The number of rotatable bonds is 1. The molecule has 1 unspecified atom stereocenters. The second-order valence-corrected chi connectivity index (χ2v) is 5.28. The van der Waals surface area contributed by atoms with E-state index in [-0.39, 0.29) is 12.3 Å². The Bertz CT molecular complexity index is 381. The van der Waals surface area contributed by atoms with Crippen molar-refractivity contribution in [3.8, 4) is 0 Å². The van der Waals surface area contributed by atoms with Crippen molar-refractivity contribution >= 4 is 6.09 Å². The zero-order valence-corrected chi connectivity index (χ0v) is 10.6. The van der Waals surface area contributed by atoms with Crippen LogP contribution < -0.4 is 0 Å². The molecule has 0 aliphatic carbocycles. The molecule has 1 saturated heterocycles. The fourth-order valence-electron chi connectivity index (χ4n) is 2.01. The Balaban J connectivity index is 2.07. The number of carbonyl (C=O) groups is 1. The molecule has 17 heavy (non-hydrogen) atoms. The van der Waals surface area contributed by atoms with Gasteiger partial charge in [0.15, 0.2) is 0 Å². The second kappa shape index (κ2) is 4.39. The van der Waals surface area contributed by atoms with E-state index in [0.29, 0.717) is 0 Å². The van der Waals surface area contributed by atoms with Gasteiger partial charge in [-0.2, -0.15) is 5.10 Å². The SMILES string of the molecule is CC(C)(C)OC(=O)N1CCCC1n1cccn1. The van der Waals surface area contributed by atoms with Crippen molar-refractivity contribution in [2.45, 2.75) is 45.4 Å². The lowest BCUT2D eigenvalue weighted by Gasteiger charge is -2.28. The van der Waals surface area contributed by atoms with Gasteiger partial charge in [-0.3, -0.25) is 4.90 Å². The maximum absolute atomic E-state index is 12.0. The first-order chi connectivity index (χ1) is 7.97. The first-order valence-electron chi connectivity index (χ1n) is 5.96. The van der Waals surface area contributed by atoms with Crippen LogP contribution in [0.5, 0.6) is 0 Å². The summed E-state index contributed by atoms with van der Waals surface area (Å²) in [6.45, 7) is 6.37. The van der Waals surface area contributed by atoms with Crippen molar-refractivity contribution in [1.29, 1.82) is 0 Å². The molecule has 0 spiro atoms. The molecule has 1 fully saturated rings. The van der Waals surface area contributed by atoms with Gasteiger partial charge in [-0.25, -0.2) is 9.48 Å². The Morgan fingerprint density at radius 3 is 2.82 bits per heavy atom. The summed E-state index contributed by atoms with van der Waals surface area (Å²) in [6, 6.07) is 1.87. The van der Waals surface area contributed by atoms with E-state index in [9.17, 15) is 4.79 Å². The van der Waals surface area contributed by atoms with Crippen LogP contribution in [-0.4, -0.2) is 32.9 Å². The van der Waals surface area contributed by atoms with E-state index >= 15 is 0 Å². The standard InChI is InChI=1S/C12H19N3O2/c1-12(2,3)17-11(16)14-8-4-6-10(14)15-9-5-7-13-15/h5,7,9-10H,4,6,8H2,1-3H3. The van der Waals surface area contributed by atoms with E-state index in [1.165, 1.54) is 0 Å². The summed E-state index contributed by atoms with van der Waals surface area (Å²) in [5.74, 6) is 0. The quantitative estimate of drug-likeness (QED) is 0.753. The largest absolute Gasteiger partial charge is 0.444 e. The number of likely N-dealkylation sites (tertiary alicyclic amines) is 1. The van der Waals surface area contributed by atoms with Crippen LogP contribution in [0.3, 0.4) is 0 Å². The molecule has 1 aliphatic heterocycles. The van der Waals surface area contributed by atoms with Crippen LogP contribution in [0, 0.1) is 0 Å². The van der Waals surface area contributed by atoms with Gasteiger partial charge in [-0.05, 0) is 39.7 Å². The molecule has 0 saturated carbocycles. The van der Waals surface area contributed by atoms with Gasteiger partial charge in [0.2, 0.25) is 0 Å². The smallest absolute Gasteiger partial charge is 0.411 e. The Labute approximate surface area is 101 Å². The molecular formula is C12H19N3O2. The minimum absolute atomic E-state index is 0.000139. The minimum Gasteiger partial charge on any atom is -0.444 e. The summed E-state index contributed by atoms with van der Waals surface area (Å²) in [6.07, 6.45) is 5.28. The van der Waals surface area contributed by atoms with E-state index in [0.717, 1.165) is 19.4 Å². The van der Waals surface area contributed by atoms with Crippen LogP contribution in [0.15, 0.2) is 18.5 Å². The molecule has 5 nitrogen and oxygen atoms in total. The Hall–Kier alpha value is -1.52. The number of nitrogens with zero attached hydrogens (tertiary/aromatic N) is 3. The molecule has 1 aliphatic rings. The second-order valence-electron chi connectivity index (χ2n) is 5.28. The molecule has 1 aromatic heterocycles. The van der Waals surface area contributed by atoms with Crippen LogP contribution in [0.4, 0.5) is 4.79 Å². The third kappa shape index (κ3) is 2.78. The number of amides is 1. The van der Waals surface area contributed by atoms with E-state index in [1.807, 2.05) is 37.7 Å². The highest BCUT2D eigenvalue weighted by Crippen LogP contribution is 2.27. The van der Waals surface area contributed by atoms with Gasteiger partial charge in [0.25, 0.3) is 0 Å². The van der Waals surface area contributed by atoms with E-state index < -0.39 is 5.60 Å². The third-order valence-electron chi connectivity index (χ3n) is 2.68. The summed E-state index contributed by atoms with van der Waals surface area (Å²) in [5.41, 5.74) is -0.450. The van der Waals surface area contributed by atoms with Crippen molar-refractivity contribution < 1.29 is 9.53 Å². The van der Waals surface area contributed by atoms with Crippen LogP contribution in [0.2, 0.25) is 0 Å². The van der Waals surface area contributed by atoms with Gasteiger partial charge >= 0.3 is 6.09 Å². The minimum atomic E-state index is -0.450. The fourth-order valence-corrected chi connectivity index (χ4v) is 2.01. The first kappa shape index (κ1) is 12.0. The highest BCUT2D eigenvalue weighted by Gasteiger charge is 2.33. The Morgan fingerprint density at radius 2 is 2.24 bits per heavy atom. The summed E-state index contributed by atoms with van der Waals surface area (Å²) in [7, 11) is 0. The number of hydrogen-bond acceptors (Lipinski definition) is 3. The zero-order chi connectivity index (χ0) is 12.5. The summed E-state index contributed by atoms with van der Waals surface area (Å²) in [5, 5.41) is 4.19. The van der Waals surface area contributed by atoms with E-state index in [2.05, 4.69) is 5.10 Å². The van der Waals surface area contributed by atoms with Crippen molar-refractivity contribution in [2.75, 3.05) is 6.54 Å². The summed E-state index contributed by atoms with van der Waals surface area (Å²) >= 11 is 0.